The van der Waals surface area contributed by atoms with Crippen LogP contribution in [0.4, 0.5) is 0 Å². The van der Waals surface area contributed by atoms with E-state index in [0.29, 0.717) is 34.5 Å². The van der Waals surface area contributed by atoms with Crippen molar-refractivity contribution in [3.8, 4) is 17.4 Å². The van der Waals surface area contributed by atoms with Crippen LogP contribution < -0.4 is 14.2 Å². The Balaban J connectivity index is 1.68. The Morgan fingerprint density at radius 1 is 1.26 bits per heavy atom. The second-order valence-electron chi connectivity index (χ2n) is 6.46. The van der Waals surface area contributed by atoms with Crippen molar-refractivity contribution in [2.45, 2.75) is 32.3 Å². The summed E-state index contributed by atoms with van der Waals surface area (Å²) in [5.41, 5.74) is 0.984. The number of hydrogen-bond donors (Lipinski definition) is 0. The van der Waals surface area contributed by atoms with E-state index >= 15 is 0 Å². The summed E-state index contributed by atoms with van der Waals surface area (Å²) in [7, 11) is 1.63. The van der Waals surface area contributed by atoms with Crippen molar-refractivity contribution in [3.63, 3.8) is 0 Å². The first kappa shape index (κ1) is 20.2. The molecule has 1 saturated heterocycles. The lowest BCUT2D eigenvalue weighted by molar-refractivity contribution is -0.141. The molecule has 1 aromatic carbocycles. The van der Waals surface area contributed by atoms with Gasteiger partial charge in [-0.1, -0.05) is 23.7 Å². The second-order valence-corrected chi connectivity index (χ2v) is 7.70. The molecule has 1 atom stereocenters. The molecule has 27 heavy (non-hydrogen) atoms. The molecule has 0 radical (unpaired) electrons. The largest absolute Gasteiger partial charge is 0.497 e. The fraction of sp³-hybridized carbons (Fsp3) is 0.421. The smallest absolute Gasteiger partial charge is 0.259 e. The lowest BCUT2D eigenvalue weighted by atomic mass is 10.2. The van der Waals surface area contributed by atoms with Gasteiger partial charge >= 0.3 is 0 Å². The van der Waals surface area contributed by atoms with E-state index in [1.807, 2.05) is 38.1 Å². The summed E-state index contributed by atoms with van der Waals surface area (Å²) in [4.78, 5) is 4.24. The van der Waals surface area contributed by atoms with Gasteiger partial charge in [0.15, 0.2) is 11.5 Å². The van der Waals surface area contributed by atoms with Crippen molar-refractivity contribution in [1.29, 1.82) is 0 Å². The van der Waals surface area contributed by atoms with Crippen molar-refractivity contribution in [1.82, 2.24) is 4.98 Å². The Labute approximate surface area is 171 Å². The number of halogens is 2. The summed E-state index contributed by atoms with van der Waals surface area (Å²) in [6, 6.07) is 9.29. The van der Waals surface area contributed by atoms with Crippen LogP contribution in [-0.2, 0) is 16.1 Å². The second kappa shape index (κ2) is 8.65. The zero-order valence-corrected chi connectivity index (χ0v) is 17.7. The summed E-state index contributed by atoms with van der Waals surface area (Å²) in [5, 5.41) is 0.303. The number of rotatable bonds is 7. The predicted octanol–water partition coefficient (Wildman–Crippen LogP) is 4.62. The van der Waals surface area contributed by atoms with Gasteiger partial charge in [-0.3, -0.25) is 0 Å². The third kappa shape index (κ3) is 5.48. The molecule has 0 spiro atoms. The average Bonchev–Trinajstić information content (AvgIpc) is 2.98. The Morgan fingerprint density at radius 3 is 2.63 bits per heavy atom. The van der Waals surface area contributed by atoms with Crippen LogP contribution in [0.5, 0.6) is 17.4 Å². The highest BCUT2D eigenvalue weighted by atomic mass is 79.9. The Morgan fingerprint density at radius 2 is 2.00 bits per heavy atom. The number of benzene rings is 1. The number of methoxy groups -OCH3 is 1. The lowest BCUT2D eigenvalue weighted by Gasteiger charge is -2.18. The van der Waals surface area contributed by atoms with Crippen molar-refractivity contribution in [3.05, 3.63) is 45.5 Å². The normalized spacial score (nSPS) is 18.3. The first-order valence-corrected chi connectivity index (χ1v) is 9.60. The van der Waals surface area contributed by atoms with Gasteiger partial charge in [-0.25, -0.2) is 0 Å². The number of nitrogens with zero attached hydrogens (tertiary/aromatic N) is 1. The lowest BCUT2D eigenvalue weighted by Crippen LogP contribution is -2.25. The summed E-state index contributed by atoms with van der Waals surface area (Å²) in [6.07, 6.45) is -0.186. The Kier molecular flexibility index (Phi) is 6.47. The highest BCUT2D eigenvalue weighted by molar-refractivity contribution is 9.10. The van der Waals surface area contributed by atoms with Crippen LogP contribution in [0.1, 0.15) is 19.4 Å². The minimum Gasteiger partial charge on any atom is -0.497 e. The van der Waals surface area contributed by atoms with Gasteiger partial charge in [0.2, 0.25) is 0 Å². The molecule has 1 fully saturated rings. The maximum absolute atomic E-state index is 6.07. The van der Waals surface area contributed by atoms with E-state index in [1.54, 1.807) is 13.2 Å². The van der Waals surface area contributed by atoms with Gasteiger partial charge in [0.25, 0.3) is 5.88 Å². The van der Waals surface area contributed by atoms with E-state index in [4.69, 9.17) is 35.3 Å². The van der Waals surface area contributed by atoms with E-state index in [2.05, 4.69) is 20.9 Å². The number of aromatic nitrogens is 1. The summed E-state index contributed by atoms with van der Waals surface area (Å²) in [6.45, 7) is 4.81. The molecule has 0 amide bonds. The maximum atomic E-state index is 6.07. The molecule has 2 aromatic rings. The maximum Gasteiger partial charge on any atom is 0.259 e. The average molecular weight is 459 g/mol. The van der Waals surface area contributed by atoms with Gasteiger partial charge in [-0.05, 0) is 53.5 Å². The van der Waals surface area contributed by atoms with Crippen molar-refractivity contribution >= 4 is 27.5 Å². The predicted molar refractivity (Wildman–Crippen MR) is 105 cm³/mol. The molecule has 1 aliphatic rings. The first-order valence-electron chi connectivity index (χ1n) is 8.42. The third-order valence-corrected chi connectivity index (χ3v) is 4.66. The van der Waals surface area contributed by atoms with Crippen LogP contribution in [0.15, 0.2) is 34.8 Å². The number of ether oxygens (including phenoxy) is 5. The van der Waals surface area contributed by atoms with Gasteiger partial charge < -0.3 is 23.7 Å². The van der Waals surface area contributed by atoms with Crippen molar-refractivity contribution in [2.75, 3.05) is 20.3 Å². The third-order valence-electron chi connectivity index (χ3n) is 3.88. The highest BCUT2D eigenvalue weighted by Gasteiger charge is 2.33. The SMILES string of the molecule is COc1ccc(COc2c(Br)cc(Cl)nc2OC[C@H]2COC(C)(C)O2)cc1. The molecule has 0 aliphatic carbocycles. The van der Waals surface area contributed by atoms with Gasteiger partial charge in [-0.2, -0.15) is 4.98 Å². The van der Waals surface area contributed by atoms with Crippen LogP contribution in [-0.4, -0.2) is 37.2 Å². The van der Waals surface area contributed by atoms with Gasteiger partial charge in [0, 0.05) is 0 Å². The molecular weight excluding hydrogens is 438 g/mol. The molecule has 0 N–H and O–H groups in total. The topological polar surface area (TPSA) is 59.0 Å². The van der Waals surface area contributed by atoms with E-state index in [1.165, 1.54) is 0 Å². The zero-order chi connectivity index (χ0) is 19.4. The molecule has 0 saturated carbocycles. The zero-order valence-electron chi connectivity index (χ0n) is 15.3. The standard InChI is InChI=1S/C19H21BrClNO5/c1-19(2)26-11-14(27-19)10-25-18-17(15(20)8-16(21)22-18)24-9-12-4-6-13(23-3)7-5-12/h4-8,14H,9-11H2,1-3H3/t14-/m0/s1. The fourth-order valence-electron chi connectivity index (χ4n) is 2.58. The Hall–Kier alpha value is -1.54. The summed E-state index contributed by atoms with van der Waals surface area (Å²) >= 11 is 9.53. The molecule has 6 nitrogen and oxygen atoms in total. The van der Waals surface area contributed by atoms with Crippen LogP contribution in [0.25, 0.3) is 0 Å². The van der Waals surface area contributed by atoms with Crippen LogP contribution in [0.2, 0.25) is 5.15 Å². The highest BCUT2D eigenvalue weighted by Crippen LogP contribution is 2.37. The molecule has 2 heterocycles. The number of hydrogen-bond acceptors (Lipinski definition) is 6. The fourth-order valence-corrected chi connectivity index (χ4v) is 3.39. The molecule has 0 unspecified atom stereocenters. The molecule has 3 rings (SSSR count). The molecule has 0 bridgehead atoms. The van der Waals surface area contributed by atoms with Crippen molar-refractivity contribution < 1.29 is 23.7 Å². The van der Waals surface area contributed by atoms with E-state index in [0.717, 1.165) is 11.3 Å². The van der Waals surface area contributed by atoms with Crippen molar-refractivity contribution in [2.24, 2.45) is 0 Å². The molecule has 1 aliphatic heterocycles. The summed E-state index contributed by atoms with van der Waals surface area (Å²) < 4.78 is 28.9. The van der Waals surface area contributed by atoms with Gasteiger partial charge in [-0.15, -0.1) is 0 Å². The van der Waals surface area contributed by atoms with E-state index in [-0.39, 0.29) is 12.7 Å². The van der Waals surface area contributed by atoms with E-state index < -0.39 is 5.79 Å². The van der Waals surface area contributed by atoms with Gasteiger partial charge in [0.1, 0.15) is 30.2 Å². The van der Waals surface area contributed by atoms with E-state index in [9.17, 15) is 0 Å². The van der Waals surface area contributed by atoms with Crippen LogP contribution in [0.3, 0.4) is 0 Å². The minimum absolute atomic E-state index is 0.186. The monoisotopic (exact) mass is 457 g/mol. The van der Waals surface area contributed by atoms with Crippen LogP contribution in [0, 0.1) is 0 Å². The molecular formula is C19H21BrClNO5. The Bertz CT molecular complexity index is 784. The molecule has 146 valence electrons. The van der Waals surface area contributed by atoms with Crippen LogP contribution >= 0.6 is 27.5 Å². The molecule has 1 aromatic heterocycles. The molecule has 8 heteroatoms. The first-order chi connectivity index (χ1) is 12.9. The van der Waals surface area contributed by atoms with Gasteiger partial charge in [0.05, 0.1) is 18.2 Å². The minimum atomic E-state index is -0.607. The number of pyridine rings is 1. The quantitative estimate of drug-likeness (QED) is 0.565. The summed E-state index contributed by atoms with van der Waals surface area (Å²) in [5.74, 6) is 0.966.